The summed E-state index contributed by atoms with van der Waals surface area (Å²) in [5.74, 6) is 0.838. The minimum Gasteiger partial charge on any atom is -0.477 e. The van der Waals surface area contributed by atoms with Crippen LogP contribution in [-0.2, 0) is 6.42 Å². The minimum atomic E-state index is -2.91. The van der Waals surface area contributed by atoms with Gasteiger partial charge in [-0.2, -0.15) is 8.78 Å². The predicted molar refractivity (Wildman–Crippen MR) is 105 cm³/mol. The lowest BCUT2D eigenvalue weighted by Crippen LogP contribution is -2.06. The van der Waals surface area contributed by atoms with Crippen molar-refractivity contribution >= 4 is 11.3 Å². The van der Waals surface area contributed by atoms with E-state index in [1.54, 1.807) is 28.7 Å². The van der Waals surface area contributed by atoms with Crippen LogP contribution >= 0.6 is 0 Å². The Hall–Kier alpha value is -4.15. The highest BCUT2D eigenvalue weighted by molar-refractivity contribution is 5.61. The fourth-order valence-electron chi connectivity index (χ4n) is 3.00. The Kier molecular flexibility index (Phi) is 5.65. The summed E-state index contributed by atoms with van der Waals surface area (Å²) in [7, 11) is 0. The molecule has 0 radical (unpaired) electrons. The van der Waals surface area contributed by atoms with Crippen molar-refractivity contribution in [2.45, 2.75) is 13.0 Å². The maximum Gasteiger partial charge on any atom is 0.387 e. The number of nitrogens with zero attached hydrogens (tertiary/aromatic N) is 5. The van der Waals surface area contributed by atoms with E-state index in [1.165, 1.54) is 36.7 Å². The van der Waals surface area contributed by atoms with E-state index in [9.17, 15) is 18.9 Å². The van der Waals surface area contributed by atoms with Crippen LogP contribution in [0.2, 0.25) is 0 Å². The fourth-order valence-corrected chi connectivity index (χ4v) is 3.00. The molecule has 2 aromatic heterocycles. The summed E-state index contributed by atoms with van der Waals surface area (Å²) in [4.78, 5) is 14.6. The molecule has 0 amide bonds. The number of hydrogen-bond donors (Lipinski definition) is 0. The molecule has 0 atom stereocenters. The van der Waals surface area contributed by atoms with Crippen LogP contribution in [0.1, 0.15) is 5.56 Å². The summed E-state index contributed by atoms with van der Waals surface area (Å²) < 4.78 is 36.6. The number of nitro benzene ring substituents is 1. The summed E-state index contributed by atoms with van der Waals surface area (Å²) >= 11 is 0. The van der Waals surface area contributed by atoms with Gasteiger partial charge in [0.15, 0.2) is 11.5 Å². The highest BCUT2D eigenvalue weighted by atomic mass is 19.3. The van der Waals surface area contributed by atoms with Gasteiger partial charge in [-0.05, 0) is 29.8 Å². The quantitative estimate of drug-likeness (QED) is 0.310. The summed E-state index contributed by atoms with van der Waals surface area (Å²) in [5.41, 5.74) is 1.83. The smallest absolute Gasteiger partial charge is 0.387 e. The van der Waals surface area contributed by atoms with Crippen molar-refractivity contribution in [1.82, 2.24) is 19.6 Å². The van der Waals surface area contributed by atoms with E-state index >= 15 is 0 Å². The molecule has 2 heterocycles. The monoisotopic (exact) mass is 427 g/mol. The number of ether oxygens (including phenoxy) is 2. The van der Waals surface area contributed by atoms with Gasteiger partial charge >= 0.3 is 6.61 Å². The van der Waals surface area contributed by atoms with Crippen molar-refractivity contribution in [3.63, 3.8) is 0 Å². The number of benzene rings is 2. The summed E-state index contributed by atoms with van der Waals surface area (Å²) in [6.07, 6.45) is 3.45. The first-order chi connectivity index (χ1) is 15.0. The predicted octanol–water partition coefficient (Wildman–Crippen LogP) is 3.92. The maximum atomic E-state index is 12.4. The first-order valence-corrected chi connectivity index (χ1v) is 9.12. The number of alkyl halides is 2. The molecular formula is C20H15F2N5O4. The molecule has 2 aromatic carbocycles. The third-order valence-electron chi connectivity index (χ3n) is 4.38. The minimum absolute atomic E-state index is 0.0154. The van der Waals surface area contributed by atoms with Crippen molar-refractivity contribution in [1.29, 1.82) is 0 Å². The second-order valence-corrected chi connectivity index (χ2v) is 6.39. The van der Waals surface area contributed by atoms with E-state index in [0.29, 0.717) is 29.3 Å². The van der Waals surface area contributed by atoms with Gasteiger partial charge in [0.2, 0.25) is 5.88 Å². The summed E-state index contributed by atoms with van der Waals surface area (Å²) in [6, 6.07) is 12.3. The first kappa shape index (κ1) is 20.1. The van der Waals surface area contributed by atoms with Crippen molar-refractivity contribution in [2.24, 2.45) is 0 Å². The van der Waals surface area contributed by atoms with Gasteiger partial charge in [0, 0.05) is 24.1 Å². The summed E-state index contributed by atoms with van der Waals surface area (Å²) in [5, 5.41) is 19.1. The number of nitro groups is 1. The van der Waals surface area contributed by atoms with Gasteiger partial charge in [-0.3, -0.25) is 15.1 Å². The van der Waals surface area contributed by atoms with Crippen LogP contribution in [0, 0.1) is 10.1 Å². The number of rotatable bonds is 8. The number of aromatic nitrogens is 4. The van der Waals surface area contributed by atoms with Gasteiger partial charge in [0.05, 0.1) is 23.9 Å². The molecule has 0 aliphatic heterocycles. The van der Waals surface area contributed by atoms with E-state index in [2.05, 4.69) is 19.9 Å². The van der Waals surface area contributed by atoms with E-state index in [0.717, 1.165) is 5.56 Å². The molecule has 0 N–H and O–H groups in total. The average Bonchev–Trinajstić information content (AvgIpc) is 3.19. The Balaban J connectivity index is 1.54. The van der Waals surface area contributed by atoms with Crippen LogP contribution in [0.5, 0.6) is 11.6 Å². The zero-order chi connectivity index (χ0) is 21.8. The molecular weight excluding hydrogens is 412 g/mol. The van der Waals surface area contributed by atoms with E-state index in [4.69, 9.17) is 4.74 Å². The lowest BCUT2D eigenvalue weighted by molar-refractivity contribution is -0.384. The van der Waals surface area contributed by atoms with Crippen molar-refractivity contribution in [3.05, 3.63) is 76.6 Å². The number of fused-ring (bicyclic) bond motifs is 1. The lowest BCUT2D eigenvalue weighted by Gasteiger charge is -2.10. The molecule has 31 heavy (non-hydrogen) atoms. The number of non-ortho nitro benzene ring substituents is 1. The average molecular weight is 427 g/mol. The largest absolute Gasteiger partial charge is 0.477 e. The van der Waals surface area contributed by atoms with Crippen LogP contribution in [0.3, 0.4) is 0 Å². The Morgan fingerprint density at radius 1 is 1.10 bits per heavy atom. The molecule has 0 unspecified atom stereocenters. The van der Waals surface area contributed by atoms with Gasteiger partial charge in [0.25, 0.3) is 5.69 Å². The molecule has 0 spiro atoms. The van der Waals surface area contributed by atoms with Crippen molar-refractivity contribution in [3.8, 4) is 23.0 Å². The van der Waals surface area contributed by atoms with Crippen molar-refractivity contribution < 1.29 is 23.2 Å². The standard InChI is InChI=1S/C20H15F2N5O4/c21-20(22)31-16-6-4-14(5-7-16)19-25-24-17-11-23-12-18(26(17)19)30-9-8-13-2-1-3-15(10-13)27(28)29/h1-7,10-12,20H,8-9H2. The zero-order valence-corrected chi connectivity index (χ0v) is 15.9. The number of hydrogen-bond acceptors (Lipinski definition) is 7. The van der Waals surface area contributed by atoms with Crippen LogP contribution in [0.15, 0.2) is 60.9 Å². The Bertz CT molecular complexity index is 1210. The van der Waals surface area contributed by atoms with Crippen molar-refractivity contribution in [2.75, 3.05) is 6.61 Å². The molecule has 0 bridgehead atoms. The molecule has 0 aliphatic rings. The van der Waals surface area contributed by atoms with Crippen LogP contribution in [0.25, 0.3) is 17.0 Å². The normalized spacial score (nSPS) is 11.1. The molecule has 11 heteroatoms. The topological polar surface area (TPSA) is 105 Å². The van der Waals surface area contributed by atoms with Crippen LogP contribution in [0.4, 0.5) is 14.5 Å². The highest BCUT2D eigenvalue weighted by Gasteiger charge is 2.14. The van der Waals surface area contributed by atoms with Gasteiger partial charge in [-0.1, -0.05) is 12.1 Å². The van der Waals surface area contributed by atoms with Crippen LogP contribution < -0.4 is 9.47 Å². The van der Waals surface area contributed by atoms with Gasteiger partial charge in [-0.25, -0.2) is 4.40 Å². The SMILES string of the molecule is O=[N+]([O-])c1cccc(CCOc2cncc3nnc(-c4ccc(OC(F)F)cc4)n23)c1. The maximum absolute atomic E-state index is 12.4. The van der Waals surface area contributed by atoms with E-state index in [-0.39, 0.29) is 18.0 Å². The molecule has 0 saturated carbocycles. The fraction of sp³-hybridized carbons (Fsp3) is 0.150. The Labute approximate surface area is 174 Å². The van der Waals surface area contributed by atoms with Gasteiger partial charge < -0.3 is 9.47 Å². The second-order valence-electron chi connectivity index (χ2n) is 6.39. The Morgan fingerprint density at radius 3 is 2.65 bits per heavy atom. The second kappa shape index (κ2) is 8.69. The Morgan fingerprint density at radius 2 is 1.90 bits per heavy atom. The third kappa shape index (κ3) is 4.55. The molecule has 0 aliphatic carbocycles. The van der Waals surface area contributed by atoms with Gasteiger partial charge in [0.1, 0.15) is 5.75 Å². The van der Waals surface area contributed by atoms with E-state index < -0.39 is 11.5 Å². The molecule has 0 fully saturated rings. The van der Waals surface area contributed by atoms with Crippen LogP contribution in [-0.4, -0.2) is 37.7 Å². The summed E-state index contributed by atoms with van der Waals surface area (Å²) in [6.45, 7) is -2.67. The molecule has 4 rings (SSSR count). The molecule has 4 aromatic rings. The number of halogens is 2. The molecule has 9 nitrogen and oxygen atoms in total. The third-order valence-corrected chi connectivity index (χ3v) is 4.38. The molecule has 158 valence electrons. The highest BCUT2D eigenvalue weighted by Crippen LogP contribution is 2.25. The molecule has 0 saturated heterocycles. The van der Waals surface area contributed by atoms with E-state index in [1.807, 2.05) is 0 Å². The lowest BCUT2D eigenvalue weighted by atomic mass is 10.1. The zero-order valence-electron chi connectivity index (χ0n) is 15.9. The first-order valence-electron chi connectivity index (χ1n) is 9.12. The van der Waals surface area contributed by atoms with Gasteiger partial charge in [-0.15, -0.1) is 10.2 Å².